The van der Waals surface area contributed by atoms with E-state index < -0.39 is 0 Å². The van der Waals surface area contributed by atoms with Gasteiger partial charge in [-0.1, -0.05) is 36.4 Å². The Balaban J connectivity index is 1.34. The molecule has 1 saturated heterocycles. The van der Waals surface area contributed by atoms with Gasteiger partial charge in [-0.05, 0) is 43.0 Å². The molecule has 6 heteroatoms. The number of carbonyl (C=O) groups excluding carboxylic acids is 1. The summed E-state index contributed by atoms with van der Waals surface area (Å²) in [6, 6.07) is 16.0. The molecule has 0 saturated carbocycles. The number of benzene rings is 2. The molecule has 2 aromatic carbocycles. The van der Waals surface area contributed by atoms with Gasteiger partial charge in [0.15, 0.2) is 0 Å². The van der Waals surface area contributed by atoms with Gasteiger partial charge in [0.2, 0.25) is 5.91 Å². The molecule has 1 amide bonds. The largest absolute Gasteiger partial charge is 0.367 e. The van der Waals surface area contributed by atoms with Crippen LogP contribution in [0.5, 0.6) is 0 Å². The number of nitrogens with one attached hydrogen (secondary N) is 2. The smallest absolute Gasteiger partial charge is 0.323 e. The third-order valence-electron chi connectivity index (χ3n) is 5.22. The maximum atomic E-state index is 12.7. The Morgan fingerprint density at radius 3 is 2.71 bits per heavy atom. The van der Waals surface area contributed by atoms with E-state index in [1.165, 1.54) is 0 Å². The molecule has 3 aromatic rings. The molecule has 1 aliphatic heterocycles. The van der Waals surface area contributed by atoms with Crippen LogP contribution in [0.25, 0.3) is 11.0 Å². The molecule has 6 nitrogen and oxygen atoms in total. The standard InChI is InChI=1S/C22H25N3O3/c1-15-13-25(14-20(28-15)17-7-3-2-4-8-17)21(26)9-5-6-16-10-11-18-19(12-16)24-22(27)23-18/h2-4,7-8,10-12,15,20H,5-6,9,13-14H2,1H3,(H2,23,24,27)/t15-,20+/m0/s1. The molecule has 2 N–H and O–H groups in total. The first-order valence-corrected chi connectivity index (χ1v) is 9.77. The fraction of sp³-hybridized carbons (Fsp3) is 0.364. The maximum absolute atomic E-state index is 12.7. The highest BCUT2D eigenvalue weighted by Crippen LogP contribution is 2.25. The SMILES string of the molecule is C[C@H]1CN(C(=O)CCCc2ccc3[nH]c(=O)[nH]c3c2)C[C@H](c2ccccc2)O1. The van der Waals surface area contributed by atoms with Gasteiger partial charge in [-0.3, -0.25) is 4.79 Å². The Morgan fingerprint density at radius 2 is 1.89 bits per heavy atom. The van der Waals surface area contributed by atoms with Gasteiger partial charge in [0, 0.05) is 13.0 Å². The van der Waals surface area contributed by atoms with Crippen LogP contribution in [-0.4, -0.2) is 40.0 Å². The minimum atomic E-state index is -0.197. The van der Waals surface area contributed by atoms with Crippen molar-refractivity contribution in [3.05, 3.63) is 70.1 Å². The summed E-state index contributed by atoms with van der Waals surface area (Å²) in [6.07, 6.45) is 2.05. The predicted octanol–water partition coefficient (Wildman–Crippen LogP) is 3.17. The number of ether oxygens (including phenoxy) is 1. The van der Waals surface area contributed by atoms with Crippen molar-refractivity contribution in [1.29, 1.82) is 0 Å². The summed E-state index contributed by atoms with van der Waals surface area (Å²) in [7, 11) is 0. The zero-order valence-corrected chi connectivity index (χ0v) is 16.0. The fourth-order valence-electron chi connectivity index (χ4n) is 3.84. The third-order valence-corrected chi connectivity index (χ3v) is 5.22. The van der Waals surface area contributed by atoms with Crippen molar-refractivity contribution in [2.75, 3.05) is 13.1 Å². The number of aryl methyl sites for hydroxylation is 1. The van der Waals surface area contributed by atoms with E-state index in [9.17, 15) is 9.59 Å². The summed E-state index contributed by atoms with van der Waals surface area (Å²) < 4.78 is 6.04. The van der Waals surface area contributed by atoms with Crippen LogP contribution in [0, 0.1) is 0 Å². The molecular formula is C22H25N3O3. The van der Waals surface area contributed by atoms with Crippen LogP contribution >= 0.6 is 0 Å². The highest BCUT2D eigenvalue weighted by atomic mass is 16.5. The first-order valence-electron chi connectivity index (χ1n) is 9.77. The number of hydrogen-bond donors (Lipinski definition) is 2. The minimum absolute atomic E-state index is 0.0238. The van der Waals surface area contributed by atoms with Crippen LogP contribution in [0.4, 0.5) is 0 Å². The number of H-pyrrole nitrogens is 2. The molecule has 0 radical (unpaired) electrons. The van der Waals surface area contributed by atoms with Gasteiger partial charge in [-0.15, -0.1) is 0 Å². The topological polar surface area (TPSA) is 78.2 Å². The number of fused-ring (bicyclic) bond motifs is 1. The lowest BCUT2D eigenvalue weighted by molar-refractivity contribution is -0.145. The van der Waals surface area contributed by atoms with Gasteiger partial charge in [-0.25, -0.2) is 4.79 Å². The molecule has 146 valence electrons. The molecule has 0 unspecified atom stereocenters. The highest BCUT2D eigenvalue weighted by Gasteiger charge is 2.28. The Kier molecular flexibility index (Phi) is 5.30. The van der Waals surface area contributed by atoms with Crippen molar-refractivity contribution in [2.45, 2.75) is 38.4 Å². The van der Waals surface area contributed by atoms with Crippen LogP contribution in [-0.2, 0) is 16.0 Å². The highest BCUT2D eigenvalue weighted by molar-refractivity contribution is 5.77. The van der Waals surface area contributed by atoms with E-state index in [4.69, 9.17) is 4.74 Å². The van der Waals surface area contributed by atoms with E-state index in [-0.39, 0.29) is 23.8 Å². The zero-order valence-electron chi connectivity index (χ0n) is 16.0. The third kappa shape index (κ3) is 4.17. The van der Waals surface area contributed by atoms with E-state index in [0.29, 0.717) is 19.5 Å². The molecule has 1 aliphatic rings. The van der Waals surface area contributed by atoms with Crippen molar-refractivity contribution < 1.29 is 9.53 Å². The van der Waals surface area contributed by atoms with E-state index in [2.05, 4.69) is 9.97 Å². The van der Waals surface area contributed by atoms with Gasteiger partial charge in [0.05, 0.1) is 23.7 Å². The summed E-state index contributed by atoms with van der Waals surface area (Å²) >= 11 is 0. The van der Waals surface area contributed by atoms with Crippen LogP contribution in [0.2, 0.25) is 0 Å². The number of rotatable bonds is 5. The number of aromatic nitrogens is 2. The van der Waals surface area contributed by atoms with E-state index in [1.807, 2.05) is 60.4 Å². The van der Waals surface area contributed by atoms with Crippen LogP contribution in [0.3, 0.4) is 0 Å². The molecule has 2 heterocycles. The van der Waals surface area contributed by atoms with Crippen molar-refractivity contribution in [3.8, 4) is 0 Å². The average Bonchev–Trinajstić information content (AvgIpc) is 3.07. The summed E-state index contributed by atoms with van der Waals surface area (Å²) in [5.41, 5.74) is 3.64. The van der Waals surface area contributed by atoms with Crippen molar-refractivity contribution in [1.82, 2.24) is 14.9 Å². The molecule has 0 bridgehead atoms. The van der Waals surface area contributed by atoms with E-state index >= 15 is 0 Å². The summed E-state index contributed by atoms with van der Waals surface area (Å²) in [5, 5.41) is 0. The van der Waals surface area contributed by atoms with Gasteiger partial charge in [0.1, 0.15) is 6.10 Å². The second-order valence-electron chi connectivity index (χ2n) is 7.46. The minimum Gasteiger partial charge on any atom is -0.367 e. The average molecular weight is 379 g/mol. The van der Waals surface area contributed by atoms with Crippen molar-refractivity contribution >= 4 is 16.9 Å². The number of nitrogens with zero attached hydrogens (tertiary/aromatic N) is 1. The quantitative estimate of drug-likeness (QED) is 0.715. The number of imidazole rings is 1. The zero-order chi connectivity index (χ0) is 19.5. The molecular weight excluding hydrogens is 354 g/mol. The second-order valence-corrected chi connectivity index (χ2v) is 7.46. The van der Waals surface area contributed by atoms with Gasteiger partial charge in [-0.2, -0.15) is 0 Å². The van der Waals surface area contributed by atoms with Crippen molar-refractivity contribution in [2.24, 2.45) is 0 Å². The summed E-state index contributed by atoms with van der Waals surface area (Å²) in [5.74, 6) is 0.173. The van der Waals surface area contributed by atoms with Crippen molar-refractivity contribution in [3.63, 3.8) is 0 Å². The number of morpholine rings is 1. The number of aromatic amines is 2. The van der Waals surface area contributed by atoms with E-state index in [1.54, 1.807) is 0 Å². The lowest BCUT2D eigenvalue weighted by atomic mass is 10.0. The van der Waals surface area contributed by atoms with Gasteiger partial charge in [0.25, 0.3) is 0 Å². The molecule has 0 spiro atoms. The Morgan fingerprint density at radius 1 is 1.11 bits per heavy atom. The number of amides is 1. The number of hydrogen-bond acceptors (Lipinski definition) is 3. The maximum Gasteiger partial charge on any atom is 0.323 e. The van der Waals surface area contributed by atoms with Crippen LogP contribution in [0.1, 0.15) is 37.0 Å². The first kappa shape index (κ1) is 18.5. The lowest BCUT2D eigenvalue weighted by Gasteiger charge is -2.37. The fourth-order valence-corrected chi connectivity index (χ4v) is 3.84. The molecule has 1 aromatic heterocycles. The predicted molar refractivity (Wildman–Crippen MR) is 108 cm³/mol. The van der Waals surface area contributed by atoms with Gasteiger partial charge >= 0.3 is 5.69 Å². The first-order chi connectivity index (χ1) is 13.6. The molecule has 4 rings (SSSR count). The summed E-state index contributed by atoms with van der Waals surface area (Å²) in [4.78, 5) is 31.6. The van der Waals surface area contributed by atoms with E-state index in [0.717, 1.165) is 35.0 Å². The number of carbonyl (C=O) groups is 1. The monoisotopic (exact) mass is 379 g/mol. The van der Waals surface area contributed by atoms with Crippen LogP contribution < -0.4 is 5.69 Å². The molecule has 1 fully saturated rings. The summed E-state index contributed by atoms with van der Waals surface area (Å²) in [6.45, 7) is 3.25. The molecule has 0 aliphatic carbocycles. The molecule has 28 heavy (non-hydrogen) atoms. The van der Waals surface area contributed by atoms with Crippen LogP contribution in [0.15, 0.2) is 53.3 Å². The van der Waals surface area contributed by atoms with Gasteiger partial charge < -0.3 is 19.6 Å². The Hall–Kier alpha value is -2.86. The Labute approximate surface area is 163 Å². The molecule has 2 atom stereocenters. The second kappa shape index (κ2) is 8.02. The lowest BCUT2D eigenvalue weighted by Crippen LogP contribution is -2.45. The normalized spacial score (nSPS) is 19.8. The Bertz CT molecular complexity index is 1010.